The van der Waals surface area contributed by atoms with Crippen LogP contribution in [0.4, 0.5) is 5.13 Å². The fourth-order valence-electron chi connectivity index (χ4n) is 2.07. The Bertz CT molecular complexity index is 829. The summed E-state index contributed by atoms with van der Waals surface area (Å²) in [7, 11) is -3.83. The second-order valence-corrected chi connectivity index (χ2v) is 8.52. The molecule has 0 aliphatic heterocycles. The molecule has 0 spiro atoms. The van der Waals surface area contributed by atoms with E-state index >= 15 is 0 Å². The maximum absolute atomic E-state index is 12.5. The summed E-state index contributed by atoms with van der Waals surface area (Å²) in [6.07, 6.45) is 0. The van der Waals surface area contributed by atoms with Crippen molar-refractivity contribution in [2.24, 2.45) is 5.92 Å². The molecule has 1 aromatic carbocycles. The van der Waals surface area contributed by atoms with Gasteiger partial charge < -0.3 is 10.4 Å². The Labute approximate surface area is 151 Å². The Balaban J connectivity index is 2.16. The summed E-state index contributed by atoms with van der Waals surface area (Å²) in [5, 5.41) is 13.5. The zero-order valence-corrected chi connectivity index (χ0v) is 15.8. The van der Waals surface area contributed by atoms with E-state index in [1.165, 1.54) is 23.5 Å². The van der Waals surface area contributed by atoms with Gasteiger partial charge in [-0.15, -0.1) is 11.3 Å². The largest absolute Gasteiger partial charge is 0.390 e. The minimum Gasteiger partial charge on any atom is -0.390 e. The van der Waals surface area contributed by atoms with Crippen molar-refractivity contribution in [2.45, 2.75) is 38.3 Å². The summed E-state index contributed by atoms with van der Waals surface area (Å²) in [5.41, 5.74) is 1.39. The Kier molecular flexibility index (Phi) is 6.28. The first-order chi connectivity index (χ1) is 11.7. The number of benzene rings is 1. The van der Waals surface area contributed by atoms with Gasteiger partial charge in [0.2, 0.25) is 15.9 Å². The van der Waals surface area contributed by atoms with Gasteiger partial charge in [-0.3, -0.25) is 4.79 Å². The number of amides is 1. The van der Waals surface area contributed by atoms with Gasteiger partial charge >= 0.3 is 0 Å². The van der Waals surface area contributed by atoms with E-state index < -0.39 is 22.0 Å². The highest BCUT2D eigenvalue weighted by Crippen LogP contribution is 2.18. The molecule has 0 radical (unpaired) electrons. The van der Waals surface area contributed by atoms with E-state index in [-0.39, 0.29) is 17.4 Å². The topological polar surface area (TPSA) is 108 Å². The van der Waals surface area contributed by atoms with Gasteiger partial charge in [0.25, 0.3) is 0 Å². The quantitative estimate of drug-likeness (QED) is 0.676. The predicted octanol–water partition coefficient (Wildman–Crippen LogP) is 1.89. The van der Waals surface area contributed by atoms with Gasteiger partial charge in [0.05, 0.1) is 17.2 Å². The molecule has 1 aromatic heterocycles. The van der Waals surface area contributed by atoms with Gasteiger partial charge in [0, 0.05) is 5.38 Å². The van der Waals surface area contributed by atoms with Gasteiger partial charge in [-0.1, -0.05) is 31.5 Å². The molecule has 0 fully saturated rings. The molecule has 1 heterocycles. The summed E-state index contributed by atoms with van der Waals surface area (Å²) < 4.78 is 27.5. The number of nitrogens with zero attached hydrogens (tertiary/aromatic N) is 1. The second kappa shape index (κ2) is 8.05. The number of anilines is 1. The van der Waals surface area contributed by atoms with E-state index in [1.54, 1.807) is 31.4 Å². The molecular formula is C16H21N3O4S2. The number of carbonyl (C=O) groups excluding carboxylic acids is 1. The highest BCUT2D eigenvalue weighted by molar-refractivity contribution is 7.89. The molecule has 2 aromatic rings. The normalized spacial score (nSPS) is 13.0. The zero-order valence-electron chi connectivity index (χ0n) is 14.2. The van der Waals surface area contributed by atoms with E-state index in [2.05, 4.69) is 15.0 Å². The average Bonchev–Trinajstić information content (AvgIpc) is 3.00. The van der Waals surface area contributed by atoms with E-state index in [4.69, 9.17) is 5.11 Å². The van der Waals surface area contributed by atoms with Crippen LogP contribution in [0.1, 0.15) is 25.1 Å². The first-order valence-corrected chi connectivity index (χ1v) is 10.0. The zero-order chi connectivity index (χ0) is 18.6. The smallest absolute Gasteiger partial charge is 0.244 e. The maximum atomic E-state index is 12.5. The monoisotopic (exact) mass is 383 g/mol. The van der Waals surface area contributed by atoms with Crippen molar-refractivity contribution < 1.29 is 18.3 Å². The van der Waals surface area contributed by atoms with Crippen LogP contribution in [-0.2, 0) is 21.4 Å². The highest BCUT2D eigenvalue weighted by Gasteiger charge is 2.28. The summed E-state index contributed by atoms with van der Waals surface area (Å²) >= 11 is 1.17. The lowest BCUT2D eigenvalue weighted by Crippen LogP contribution is -2.47. The molecule has 0 saturated heterocycles. The molecule has 0 aliphatic carbocycles. The molecule has 0 unspecified atom stereocenters. The SMILES string of the molecule is Cc1ccc(S(=O)(=O)N[C@H](C(=O)Nc2nc(CO)cs2)C(C)C)cc1. The maximum Gasteiger partial charge on any atom is 0.244 e. The number of hydrogen-bond acceptors (Lipinski definition) is 6. The summed E-state index contributed by atoms with van der Waals surface area (Å²) in [6, 6.07) is 5.45. The van der Waals surface area contributed by atoms with Crippen molar-refractivity contribution >= 4 is 32.4 Å². The van der Waals surface area contributed by atoms with Gasteiger partial charge in [0.1, 0.15) is 6.04 Å². The number of aromatic nitrogens is 1. The fourth-order valence-corrected chi connectivity index (χ4v) is 4.11. The number of sulfonamides is 1. The molecule has 2 rings (SSSR count). The van der Waals surface area contributed by atoms with Crippen LogP contribution in [0.2, 0.25) is 0 Å². The molecule has 136 valence electrons. The number of hydrogen-bond donors (Lipinski definition) is 3. The van der Waals surface area contributed by atoms with Crippen molar-refractivity contribution in [2.75, 3.05) is 5.32 Å². The number of aryl methyl sites for hydroxylation is 1. The minimum absolute atomic E-state index is 0.105. The molecule has 0 aliphatic rings. The Morgan fingerprint density at radius 2 is 1.92 bits per heavy atom. The Morgan fingerprint density at radius 3 is 2.44 bits per heavy atom. The molecule has 3 N–H and O–H groups in total. The van der Waals surface area contributed by atoms with Crippen LogP contribution >= 0.6 is 11.3 Å². The first kappa shape index (κ1) is 19.5. The van der Waals surface area contributed by atoms with Crippen molar-refractivity contribution in [3.63, 3.8) is 0 Å². The van der Waals surface area contributed by atoms with Crippen LogP contribution in [0.15, 0.2) is 34.5 Å². The van der Waals surface area contributed by atoms with E-state index in [1.807, 2.05) is 6.92 Å². The van der Waals surface area contributed by atoms with Crippen LogP contribution in [0, 0.1) is 12.8 Å². The summed E-state index contributed by atoms with van der Waals surface area (Å²) in [5.74, 6) is -0.762. The van der Waals surface area contributed by atoms with Gasteiger partial charge in [0.15, 0.2) is 5.13 Å². The van der Waals surface area contributed by atoms with E-state index in [0.29, 0.717) is 10.8 Å². The molecule has 0 saturated carbocycles. The van der Waals surface area contributed by atoms with Crippen molar-refractivity contribution in [1.29, 1.82) is 0 Å². The first-order valence-electron chi connectivity index (χ1n) is 7.68. The van der Waals surface area contributed by atoms with Gasteiger partial charge in [-0.2, -0.15) is 4.72 Å². The average molecular weight is 383 g/mol. The highest BCUT2D eigenvalue weighted by atomic mass is 32.2. The van der Waals surface area contributed by atoms with Crippen molar-refractivity contribution in [1.82, 2.24) is 9.71 Å². The van der Waals surface area contributed by atoms with Crippen LogP contribution in [0.5, 0.6) is 0 Å². The lowest BCUT2D eigenvalue weighted by Gasteiger charge is -2.21. The standard InChI is InChI=1S/C16H21N3O4S2/c1-10(2)14(15(21)18-16-17-12(8-20)9-24-16)19-25(22,23)13-6-4-11(3)5-7-13/h4-7,9-10,14,19-20H,8H2,1-3H3,(H,17,18,21)/t14-/m0/s1. The number of nitrogens with one attached hydrogen (secondary N) is 2. The Hall–Kier alpha value is -1.81. The summed E-state index contributed by atoms with van der Waals surface area (Å²) in [6.45, 7) is 5.15. The lowest BCUT2D eigenvalue weighted by molar-refractivity contribution is -0.118. The molecule has 9 heteroatoms. The lowest BCUT2D eigenvalue weighted by atomic mass is 10.1. The van der Waals surface area contributed by atoms with Crippen molar-refractivity contribution in [3.8, 4) is 0 Å². The third kappa shape index (κ3) is 5.08. The molecule has 1 atom stereocenters. The fraction of sp³-hybridized carbons (Fsp3) is 0.375. The second-order valence-electron chi connectivity index (χ2n) is 5.95. The van der Waals surface area contributed by atoms with Crippen LogP contribution < -0.4 is 10.0 Å². The molecule has 1 amide bonds. The van der Waals surface area contributed by atoms with Gasteiger partial charge in [-0.05, 0) is 25.0 Å². The van der Waals surface area contributed by atoms with Crippen LogP contribution in [0.3, 0.4) is 0 Å². The van der Waals surface area contributed by atoms with Crippen LogP contribution in [0.25, 0.3) is 0 Å². The molecule has 25 heavy (non-hydrogen) atoms. The Morgan fingerprint density at radius 1 is 1.28 bits per heavy atom. The molecule has 0 bridgehead atoms. The number of rotatable bonds is 7. The number of aliphatic hydroxyl groups is 1. The number of thiazole rings is 1. The third-order valence-electron chi connectivity index (χ3n) is 3.51. The van der Waals surface area contributed by atoms with Crippen molar-refractivity contribution in [3.05, 3.63) is 40.9 Å². The van der Waals surface area contributed by atoms with Gasteiger partial charge in [-0.25, -0.2) is 13.4 Å². The summed E-state index contributed by atoms with van der Waals surface area (Å²) in [4.78, 5) is 16.6. The number of carbonyl (C=O) groups is 1. The third-order valence-corrected chi connectivity index (χ3v) is 5.77. The number of aliphatic hydroxyl groups excluding tert-OH is 1. The molecule has 7 nitrogen and oxygen atoms in total. The van der Waals surface area contributed by atoms with Crippen LogP contribution in [-0.4, -0.2) is 30.5 Å². The predicted molar refractivity (Wildman–Crippen MR) is 96.8 cm³/mol. The van der Waals surface area contributed by atoms with E-state index in [9.17, 15) is 13.2 Å². The molecular weight excluding hydrogens is 362 g/mol. The minimum atomic E-state index is -3.83. The van der Waals surface area contributed by atoms with E-state index in [0.717, 1.165) is 5.56 Å².